The van der Waals surface area contributed by atoms with Crippen molar-refractivity contribution in [2.24, 2.45) is 0 Å². The van der Waals surface area contributed by atoms with Crippen molar-refractivity contribution in [2.45, 2.75) is 245 Å². The van der Waals surface area contributed by atoms with Crippen LogP contribution in [0.4, 0.5) is 0 Å². The number of hydrogen-bond donors (Lipinski definition) is 1. The highest BCUT2D eigenvalue weighted by atomic mass is 16.6. The molecule has 0 heterocycles. The summed E-state index contributed by atoms with van der Waals surface area (Å²) in [5.74, 6) is -0.196. The Labute approximate surface area is 301 Å². The normalized spacial score (nSPS) is 12.3. The zero-order chi connectivity index (χ0) is 34.9. The molecule has 0 aromatic rings. The van der Waals surface area contributed by atoms with Crippen LogP contribution in [0.1, 0.15) is 239 Å². The van der Waals surface area contributed by atoms with Crippen LogP contribution in [0.15, 0.2) is 12.2 Å². The third-order valence-corrected chi connectivity index (χ3v) is 9.84. The number of rotatable bonds is 41. The summed E-state index contributed by atoms with van der Waals surface area (Å²) in [6, 6.07) is 0. The van der Waals surface area contributed by atoms with Crippen LogP contribution in [0, 0.1) is 0 Å². The Kier molecular flexibility index (Phi) is 41.5. The number of ether oxygens (including phenoxy) is 2. The Morgan fingerprint density at radius 2 is 0.812 bits per heavy atom. The number of aliphatic hydroxyl groups excluding tert-OH is 1. The molecule has 1 N–H and O–H groups in total. The maximum Gasteiger partial charge on any atom is 0.306 e. The van der Waals surface area contributed by atoms with Crippen LogP contribution in [0.5, 0.6) is 0 Å². The minimum absolute atomic E-state index is 0.167. The summed E-state index contributed by atoms with van der Waals surface area (Å²) in [4.78, 5) is 12.2. The molecule has 0 aliphatic heterocycles. The van der Waals surface area contributed by atoms with Crippen LogP contribution in [0.3, 0.4) is 0 Å². The number of allylic oxidation sites excluding steroid dienone is 2. The highest BCUT2D eigenvalue weighted by molar-refractivity contribution is 5.69. The van der Waals surface area contributed by atoms with E-state index in [9.17, 15) is 9.90 Å². The third-order valence-electron chi connectivity index (χ3n) is 9.84. The molecule has 0 aliphatic rings. The van der Waals surface area contributed by atoms with Gasteiger partial charge in [-0.15, -0.1) is 0 Å². The van der Waals surface area contributed by atoms with Crippen molar-refractivity contribution in [2.75, 3.05) is 19.8 Å². The zero-order valence-corrected chi connectivity index (χ0v) is 32.8. The standard InChI is InChI=1S/C44H86O4/c1-3-5-7-9-11-13-15-17-19-21-22-24-26-28-30-32-34-36-38-40-47-42-43(41-45)48-44(46)39-37-35-33-31-29-27-25-23-20-18-16-14-12-10-8-6-4-2/h19,21,43,45H,3-18,20,22-42H2,1-2H3/b21-19-. The van der Waals surface area contributed by atoms with Crippen LogP contribution in [0.25, 0.3) is 0 Å². The molecular weight excluding hydrogens is 592 g/mol. The Morgan fingerprint density at radius 3 is 1.19 bits per heavy atom. The first-order valence-corrected chi connectivity index (χ1v) is 21.8. The van der Waals surface area contributed by atoms with Gasteiger partial charge in [0.15, 0.2) is 0 Å². The molecular formula is C44H86O4. The number of carbonyl (C=O) groups is 1. The van der Waals surface area contributed by atoms with E-state index < -0.39 is 6.10 Å². The molecule has 4 nitrogen and oxygen atoms in total. The number of aliphatic hydroxyl groups is 1. The SMILES string of the molecule is CCCCCCCCC/C=C\CCCCCCCCCCOCC(CO)OC(=O)CCCCCCCCCCCCCCCCCCC. The molecule has 0 fully saturated rings. The van der Waals surface area contributed by atoms with Gasteiger partial charge in [0.05, 0.1) is 13.2 Å². The van der Waals surface area contributed by atoms with Crippen LogP contribution >= 0.6 is 0 Å². The summed E-state index contributed by atoms with van der Waals surface area (Å²) < 4.78 is 11.2. The smallest absolute Gasteiger partial charge is 0.306 e. The first-order valence-electron chi connectivity index (χ1n) is 21.8. The highest BCUT2D eigenvalue weighted by Crippen LogP contribution is 2.15. The maximum absolute atomic E-state index is 12.2. The molecule has 0 bridgehead atoms. The van der Waals surface area contributed by atoms with Gasteiger partial charge in [0.1, 0.15) is 6.10 Å². The van der Waals surface area contributed by atoms with Gasteiger partial charge in [-0.05, 0) is 38.5 Å². The van der Waals surface area contributed by atoms with Crippen LogP contribution < -0.4 is 0 Å². The molecule has 286 valence electrons. The van der Waals surface area contributed by atoms with E-state index in [1.165, 1.54) is 199 Å². The van der Waals surface area contributed by atoms with Crippen molar-refractivity contribution in [3.05, 3.63) is 12.2 Å². The molecule has 0 saturated carbocycles. The Bertz CT molecular complexity index is 633. The topological polar surface area (TPSA) is 55.8 Å². The lowest BCUT2D eigenvalue weighted by molar-refractivity contribution is -0.154. The summed E-state index contributed by atoms with van der Waals surface area (Å²) in [5, 5.41) is 9.60. The van der Waals surface area contributed by atoms with Crippen LogP contribution in [-0.4, -0.2) is 37.0 Å². The van der Waals surface area contributed by atoms with E-state index in [1.807, 2.05) is 0 Å². The quantitative estimate of drug-likeness (QED) is 0.0397. The van der Waals surface area contributed by atoms with E-state index in [0.717, 1.165) is 19.3 Å². The first-order chi connectivity index (χ1) is 23.7. The Morgan fingerprint density at radius 1 is 0.479 bits per heavy atom. The fraction of sp³-hybridized carbons (Fsp3) is 0.932. The lowest BCUT2D eigenvalue weighted by Crippen LogP contribution is -2.27. The first kappa shape index (κ1) is 47.1. The van der Waals surface area contributed by atoms with Gasteiger partial charge in [0.2, 0.25) is 0 Å². The monoisotopic (exact) mass is 679 g/mol. The van der Waals surface area contributed by atoms with Gasteiger partial charge >= 0.3 is 5.97 Å². The second-order valence-corrected chi connectivity index (χ2v) is 14.8. The van der Waals surface area contributed by atoms with E-state index in [2.05, 4.69) is 26.0 Å². The lowest BCUT2D eigenvalue weighted by Gasteiger charge is -2.16. The molecule has 0 saturated heterocycles. The summed E-state index contributed by atoms with van der Waals surface area (Å²) >= 11 is 0. The summed E-state index contributed by atoms with van der Waals surface area (Å²) in [5.41, 5.74) is 0. The molecule has 0 rings (SSSR count). The molecule has 48 heavy (non-hydrogen) atoms. The molecule has 1 atom stereocenters. The second-order valence-electron chi connectivity index (χ2n) is 14.8. The predicted octanol–water partition coefficient (Wildman–Crippen LogP) is 14.2. The largest absolute Gasteiger partial charge is 0.457 e. The molecule has 0 aliphatic carbocycles. The van der Waals surface area contributed by atoms with Gasteiger partial charge < -0.3 is 14.6 Å². The molecule has 0 aromatic carbocycles. The molecule has 0 aromatic heterocycles. The fourth-order valence-electron chi connectivity index (χ4n) is 6.56. The van der Waals surface area contributed by atoms with Gasteiger partial charge in [-0.3, -0.25) is 4.79 Å². The average Bonchev–Trinajstić information content (AvgIpc) is 3.09. The van der Waals surface area contributed by atoms with Crippen molar-refractivity contribution < 1.29 is 19.4 Å². The van der Waals surface area contributed by atoms with E-state index in [0.29, 0.717) is 19.6 Å². The lowest BCUT2D eigenvalue weighted by atomic mass is 10.0. The van der Waals surface area contributed by atoms with Crippen molar-refractivity contribution in [1.29, 1.82) is 0 Å². The van der Waals surface area contributed by atoms with E-state index in [4.69, 9.17) is 9.47 Å². The van der Waals surface area contributed by atoms with Gasteiger partial charge in [-0.2, -0.15) is 0 Å². The second kappa shape index (κ2) is 42.3. The maximum atomic E-state index is 12.2. The van der Waals surface area contributed by atoms with E-state index in [-0.39, 0.29) is 12.6 Å². The minimum Gasteiger partial charge on any atom is -0.457 e. The van der Waals surface area contributed by atoms with Gasteiger partial charge in [-0.25, -0.2) is 0 Å². The van der Waals surface area contributed by atoms with Crippen LogP contribution in [0.2, 0.25) is 0 Å². The molecule has 4 heteroatoms. The van der Waals surface area contributed by atoms with Gasteiger partial charge in [0.25, 0.3) is 0 Å². The summed E-state index contributed by atoms with van der Waals surface area (Å²) in [6.07, 6.45) is 49.8. The molecule has 0 radical (unpaired) electrons. The third kappa shape index (κ3) is 39.6. The minimum atomic E-state index is -0.529. The molecule has 0 amide bonds. The highest BCUT2D eigenvalue weighted by Gasteiger charge is 2.13. The van der Waals surface area contributed by atoms with Crippen molar-refractivity contribution in [3.8, 4) is 0 Å². The molecule has 1 unspecified atom stereocenters. The number of hydrogen-bond acceptors (Lipinski definition) is 4. The Balaban J connectivity index is 3.38. The Hall–Kier alpha value is -0.870. The number of carbonyl (C=O) groups excluding carboxylic acids is 1. The number of esters is 1. The average molecular weight is 679 g/mol. The van der Waals surface area contributed by atoms with E-state index >= 15 is 0 Å². The fourth-order valence-corrected chi connectivity index (χ4v) is 6.56. The number of unbranched alkanes of at least 4 members (excludes halogenated alkanes) is 31. The summed E-state index contributed by atoms with van der Waals surface area (Å²) in [6.45, 7) is 5.38. The zero-order valence-electron chi connectivity index (χ0n) is 32.8. The van der Waals surface area contributed by atoms with Crippen molar-refractivity contribution >= 4 is 5.97 Å². The van der Waals surface area contributed by atoms with Gasteiger partial charge in [-0.1, -0.05) is 206 Å². The van der Waals surface area contributed by atoms with Crippen molar-refractivity contribution in [1.82, 2.24) is 0 Å². The van der Waals surface area contributed by atoms with Crippen molar-refractivity contribution in [3.63, 3.8) is 0 Å². The van der Waals surface area contributed by atoms with Crippen LogP contribution in [-0.2, 0) is 14.3 Å². The molecule has 0 spiro atoms. The van der Waals surface area contributed by atoms with E-state index in [1.54, 1.807) is 0 Å². The van der Waals surface area contributed by atoms with Gasteiger partial charge in [0, 0.05) is 13.0 Å². The predicted molar refractivity (Wildman–Crippen MR) is 210 cm³/mol. The summed E-state index contributed by atoms with van der Waals surface area (Å²) in [7, 11) is 0.